The Morgan fingerprint density at radius 3 is 2.81 bits per heavy atom. The molecule has 0 radical (unpaired) electrons. The van der Waals surface area contributed by atoms with Crippen molar-refractivity contribution in [1.29, 1.82) is 0 Å². The van der Waals surface area contributed by atoms with Crippen molar-refractivity contribution >= 4 is 40.1 Å². The molecule has 0 aliphatic heterocycles. The Hall–Kier alpha value is -2.28. The first-order valence-electron chi connectivity index (χ1n) is 6.63. The molecule has 0 atom stereocenters. The highest BCUT2D eigenvalue weighted by molar-refractivity contribution is 6.32. The van der Waals surface area contributed by atoms with Crippen LogP contribution in [0.3, 0.4) is 0 Å². The number of aromatic amines is 1. The van der Waals surface area contributed by atoms with Crippen molar-refractivity contribution in [2.24, 2.45) is 0 Å². The number of rotatable bonds is 4. The van der Waals surface area contributed by atoms with Crippen molar-refractivity contribution in [3.8, 4) is 0 Å². The fourth-order valence-electron chi connectivity index (χ4n) is 2.03. The van der Waals surface area contributed by atoms with Gasteiger partial charge in [-0.05, 0) is 19.9 Å². The van der Waals surface area contributed by atoms with E-state index in [4.69, 9.17) is 11.6 Å². The van der Waals surface area contributed by atoms with Crippen LogP contribution in [0.2, 0.25) is 5.15 Å². The third-order valence-corrected chi connectivity index (χ3v) is 3.39. The van der Waals surface area contributed by atoms with Crippen LogP contribution in [0.1, 0.15) is 19.9 Å². The second kappa shape index (κ2) is 5.25. The second-order valence-electron chi connectivity index (χ2n) is 4.92. The molecule has 0 aliphatic rings. The highest BCUT2D eigenvalue weighted by Gasteiger charge is 2.12. The SMILES string of the molecule is CNc1nc(Nc2cn(C(C)C)nc2Cl)nc2[nH]ccc12. The summed E-state index contributed by atoms with van der Waals surface area (Å²) < 4.78 is 1.79. The number of H-pyrrole nitrogens is 1. The molecule has 3 heterocycles. The van der Waals surface area contributed by atoms with Gasteiger partial charge >= 0.3 is 0 Å². The van der Waals surface area contributed by atoms with Gasteiger partial charge in [0.1, 0.15) is 11.5 Å². The zero-order chi connectivity index (χ0) is 15.0. The zero-order valence-corrected chi connectivity index (χ0v) is 12.7. The van der Waals surface area contributed by atoms with Crippen LogP contribution in [0.25, 0.3) is 11.0 Å². The van der Waals surface area contributed by atoms with Crippen LogP contribution in [0.15, 0.2) is 18.5 Å². The summed E-state index contributed by atoms with van der Waals surface area (Å²) in [6.07, 6.45) is 3.67. The highest BCUT2D eigenvalue weighted by atomic mass is 35.5. The Morgan fingerprint density at radius 2 is 2.14 bits per heavy atom. The Kier molecular flexibility index (Phi) is 3.42. The monoisotopic (exact) mass is 305 g/mol. The lowest BCUT2D eigenvalue weighted by atomic mass is 10.4. The lowest BCUT2D eigenvalue weighted by molar-refractivity contribution is 0.533. The summed E-state index contributed by atoms with van der Waals surface area (Å²) in [7, 11) is 1.82. The van der Waals surface area contributed by atoms with E-state index in [-0.39, 0.29) is 6.04 Å². The Balaban J connectivity index is 1.97. The van der Waals surface area contributed by atoms with Gasteiger partial charge in [0.05, 0.1) is 17.3 Å². The van der Waals surface area contributed by atoms with Gasteiger partial charge < -0.3 is 15.6 Å². The van der Waals surface area contributed by atoms with Crippen molar-refractivity contribution in [1.82, 2.24) is 24.7 Å². The van der Waals surface area contributed by atoms with Crippen molar-refractivity contribution in [3.63, 3.8) is 0 Å². The van der Waals surface area contributed by atoms with Crippen LogP contribution in [-0.2, 0) is 0 Å². The van der Waals surface area contributed by atoms with Crippen molar-refractivity contribution in [2.45, 2.75) is 19.9 Å². The predicted molar refractivity (Wildman–Crippen MR) is 84.3 cm³/mol. The van der Waals surface area contributed by atoms with E-state index in [0.717, 1.165) is 16.9 Å². The molecule has 3 aromatic heterocycles. The lowest BCUT2D eigenvalue weighted by Gasteiger charge is -2.06. The molecule has 8 heteroatoms. The highest BCUT2D eigenvalue weighted by Crippen LogP contribution is 2.26. The first-order valence-corrected chi connectivity index (χ1v) is 7.01. The Labute approximate surface area is 126 Å². The van der Waals surface area contributed by atoms with Crippen molar-refractivity contribution in [3.05, 3.63) is 23.6 Å². The van der Waals surface area contributed by atoms with E-state index in [1.54, 1.807) is 4.68 Å². The quantitative estimate of drug-likeness (QED) is 0.689. The van der Waals surface area contributed by atoms with Crippen LogP contribution in [0.5, 0.6) is 0 Å². The van der Waals surface area contributed by atoms with Crippen LogP contribution >= 0.6 is 11.6 Å². The normalized spacial score (nSPS) is 11.3. The van der Waals surface area contributed by atoms with Gasteiger partial charge in [0, 0.05) is 19.3 Å². The zero-order valence-electron chi connectivity index (χ0n) is 12.0. The maximum atomic E-state index is 6.14. The smallest absolute Gasteiger partial charge is 0.231 e. The van der Waals surface area contributed by atoms with Gasteiger partial charge in [-0.2, -0.15) is 15.1 Å². The summed E-state index contributed by atoms with van der Waals surface area (Å²) >= 11 is 6.14. The number of halogens is 1. The van der Waals surface area contributed by atoms with Gasteiger partial charge in [0.15, 0.2) is 5.15 Å². The molecule has 0 spiro atoms. The minimum atomic E-state index is 0.234. The number of hydrogen-bond acceptors (Lipinski definition) is 5. The third kappa shape index (κ3) is 2.52. The predicted octanol–water partition coefficient (Wildman–Crippen LogP) is 3.17. The van der Waals surface area contributed by atoms with Crippen LogP contribution in [-0.4, -0.2) is 31.8 Å². The van der Waals surface area contributed by atoms with Crippen LogP contribution in [0.4, 0.5) is 17.5 Å². The number of nitrogens with zero attached hydrogens (tertiary/aromatic N) is 4. The minimum absolute atomic E-state index is 0.234. The average molecular weight is 306 g/mol. The van der Waals surface area contributed by atoms with E-state index in [1.165, 1.54) is 0 Å². The van der Waals surface area contributed by atoms with Gasteiger partial charge in [-0.15, -0.1) is 0 Å². The third-order valence-electron chi connectivity index (χ3n) is 3.11. The molecule has 7 nitrogen and oxygen atoms in total. The molecule has 21 heavy (non-hydrogen) atoms. The molecular weight excluding hydrogens is 290 g/mol. The number of hydrogen-bond donors (Lipinski definition) is 3. The van der Waals surface area contributed by atoms with E-state index in [2.05, 4.69) is 30.7 Å². The molecule has 0 aliphatic carbocycles. The topological polar surface area (TPSA) is 83.4 Å². The van der Waals surface area contributed by atoms with Crippen molar-refractivity contribution < 1.29 is 0 Å². The van der Waals surface area contributed by atoms with E-state index >= 15 is 0 Å². The van der Waals surface area contributed by atoms with Gasteiger partial charge in [0.25, 0.3) is 0 Å². The average Bonchev–Trinajstić information content (AvgIpc) is 3.05. The largest absolute Gasteiger partial charge is 0.372 e. The minimum Gasteiger partial charge on any atom is -0.372 e. The molecule has 3 rings (SSSR count). The first kappa shape index (κ1) is 13.7. The molecule has 3 aromatic rings. The van der Waals surface area contributed by atoms with E-state index < -0.39 is 0 Å². The van der Waals surface area contributed by atoms with Gasteiger partial charge in [-0.25, -0.2) is 0 Å². The molecular formula is C13H16ClN7. The molecule has 3 N–H and O–H groups in total. The van der Waals surface area contributed by atoms with Crippen LogP contribution < -0.4 is 10.6 Å². The Bertz CT molecular complexity index is 774. The number of nitrogens with one attached hydrogen (secondary N) is 3. The van der Waals surface area contributed by atoms with Gasteiger partial charge in [0.2, 0.25) is 5.95 Å². The fraction of sp³-hybridized carbons (Fsp3) is 0.308. The number of aromatic nitrogens is 5. The van der Waals surface area contributed by atoms with E-state index in [9.17, 15) is 0 Å². The maximum Gasteiger partial charge on any atom is 0.231 e. The molecule has 110 valence electrons. The van der Waals surface area contributed by atoms with Crippen molar-refractivity contribution in [2.75, 3.05) is 17.7 Å². The summed E-state index contributed by atoms with van der Waals surface area (Å²) in [6, 6.07) is 2.16. The Morgan fingerprint density at radius 1 is 1.33 bits per heavy atom. The molecule has 0 saturated heterocycles. The summed E-state index contributed by atoms with van der Waals surface area (Å²) in [5.41, 5.74) is 1.43. The second-order valence-corrected chi connectivity index (χ2v) is 5.28. The molecule has 0 saturated carbocycles. The summed E-state index contributed by atoms with van der Waals surface area (Å²) in [6.45, 7) is 4.07. The maximum absolute atomic E-state index is 6.14. The van der Waals surface area contributed by atoms with E-state index in [0.29, 0.717) is 16.8 Å². The van der Waals surface area contributed by atoms with Gasteiger partial charge in [-0.3, -0.25) is 4.68 Å². The molecule has 0 unspecified atom stereocenters. The fourth-order valence-corrected chi connectivity index (χ4v) is 2.21. The number of fused-ring (bicyclic) bond motifs is 1. The lowest BCUT2D eigenvalue weighted by Crippen LogP contribution is -2.02. The molecule has 0 fully saturated rings. The van der Waals surface area contributed by atoms with E-state index in [1.807, 2.05) is 39.4 Å². The van der Waals surface area contributed by atoms with Gasteiger partial charge in [-0.1, -0.05) is 11.6 Å². The summed E-state index contributed by atoms with van der Waals surface area (Å²) in [5.74, 6) is 1.20. The number of anilines is 3. The summed E-state index contributed by atoms with van der Waals surface area (Å²) in [4.78, 5) is 11.9. The molecule has 0 amide bonds. The molecule has 0 aromatic carbocycles. The first-order chi connectivity index (χ1) is 10.1. The standard InChI is InChI=1S/C13H16ClN7/c1-7(2)21-6-9(10(14)20-21)17-13-18-11(15-3)8-4-5-16-12(8)19-13/h4-7H,1-3H3,(H3,15,16,17,18,19). The summed E-state index contributed by atoms with van der Waals surface area (Å²) in [5, 5.41) is 11.7. The van der Waals surface area contributed by atoms with Crippen LogP contribution in [0, 0.1) is 0 Å². The molecule has 0 bridgehead atoms.